The highest BCUT2D eigenvalue weighted by Gasteiger charge is 1.76. The van der Waals surface area contributed by atoms with E-state index in [9.17, 15) is 0 Å². The first kappa shape index (κ1) is 20.4. The molecule has 0 N–H and O–H groups in total. The van der Waals surface area contributed by atoms with Gasteiger partial charge < -0.3 is 0 Å². The summed E-state index contributed by atoms with van der Waals surface area (Å²) in [5, 5.41) is 0. The molecule has 0 saturated carbocycles. The van der Waals surface area contributed by atoms with Crippen molar-refractivity contribution in [3.8, 4) is 0 Å². The Kier molecular flexibility index (Phi) is 18.1. The van der Waals surface area contributed by atoms with Crippen molar-refractivity contribution < 1.29 is 0 Å². The fourth-order valence-corrected chi connectivity index (χ4v) is 1.81. The number of allylic oxidation sites excluding steroid dienone is 12. The van der Waals surface area contributed by atoms with Gasteiger partial charge in [-0.2, -0.15) is 0 Å². The Balaban J connectivity index is 3.48. The molecule has 122 valence electrons. The molecule has 0 unspecified atom stereocenters. The standard InChI is InChI=1S/C22H34/c1-3-5-7-9-11-13-15-17-19-21-22-20-18-16-14-12-10-8-6-4-2/h5,7-8,10-11,13-14,16-17,19-20,22H,3-4,6,9,12,15,18,21H2,1-2H3/b7-5?,10-8-,13-11?,16-14?,19-17?,22-20?. The molecule has 0 heterocycles. The van der Waals surface area contributed by atoms with E-state index in [-0.39, 0.29) is 0 Å². The molecule has 22 heavy (non-hydrogen) atoms. The van der Waals surface area contributed by atoms with Gasteiger partial charge in [-0.15, -0.1) is 0 Å². The SMILES string of the molecule is CCC=CCC=CCC=CCC=CCC=CC/C=C\CCC. The molecule has 0 aliphatic heterocycles. The van der Waals surface area contributed by atoms with Crippen LogP contribution in [0.5, 0.6) is 0 Å². The lowest BCUT2D eigenvalue weighted by atomic mass is 10.2. The van der Waals surface area contributed by atoms with Gasteiger partial charge in [-0.3, -0.25) is 0 Å². The number of hydrogen-bond acceptors (Lipinski definition) is 0. The predicted octanol–water partition coefficient (Wildman–Crippen LogP) is 7.48. The van der Waals surface area contributed by atoms with E-state index in [0.29, 0.717) is 0 Å². The highest BCUT2D eigenvalue weighted by atomic mass is 13.8. The Hall–Kier alpha value is -1.56. The van der Waals surface area contributed by atoms with Crippen LogP contribution in [0, 0.1) is 0 Å². The van der Waals surface area contributed by atoms with Crippen molar-refractivity contribution in [1.82, 2.24) is 0 Å². The molecule has 0 heteroatoms. The fraction of sp³-hybridized carbons (Fsp3) is 0.455. The predicted molar refractivity (Wildman–Crippen MR) is 103 cm³/mol. The van der Waals surface area contributed by atoms with Crippen LogP contribution in [0.3, 0.4) is 0 Å². The van der Waals surface area contributed by atoms with Crippen LogP contribution in [0.4, 0.5) is 0 Å². The van der Waals surface area contributed by atoms with Gasteiger partial charge in [-0.25, -0.2) is 0 Å². The van der Waals surface area contributed by atoms with Gasteiger partial charge in [0.15, 0.2) is 0 Å². The van der Waals surface area contributed by atoms with Crippen LogP contribution >= 0.6 is 0 Å². The molecule has 0 aromatic carbocycles. The summed E-state index contributed by atoms with van der Waals surface area (Å²) in [6, 6.07) is 0. The molecule has 0 amide bonds. The van der Waals surface area contributed by atoms with Gasteiger partial charge >= 0.3 is 0 Å². The maximum Gasteiger partial charge on any atom is -0.0169 e. The molecule has 0 saturated heterocycles. The molecule has 0 fully saturated rings. The van der Waals surface area contributed by atoms with Crippen LogP contribution in [-0.4, -0.2) is 0 Å². The first-order chi connectivity index (χ1) is 10.9. The minimum Gasteiger partial charge on any atom is -0.0885 e. The largest absolute Gasteiger partial charge is 0.0885 e. The number of rotatable bonds is 13. The summed E-state index contributed by atoms with van der Waals surface area (Å²) in [7, 11) is 0. The van der Waals surface area contributed by atoms with E-state index in [2.05, 4.69) is 86.8 Å². The molecule has 0 aromatic heterocycles. The van der Waals surface area contributed by atoms with E-state index >= 15 is 0 Å². The van der Waals surface area contributed by atoms with Gasteiger partial charge in [0.1, 0.15) is 0 Å². The van der Waals surface area contributed by atoms with Crippen molar-refractivity contribution in [3.63, 3.8) is 0 Å². The highest BCUT2D eigenvalue weighted by molar-refractivity contribution is 5.01. The minimum absolute atomic E-state index is 1.04. The van der Waals surface area contributed by atoms with Crippen molar-refractivity contribution in [2.24, 2.45) is 0 Å². The fourth-order valence-electron chi connectivity index (χ4n) is 1.81. The van der Waals surface area contributed by atoms with Crippen LogP contribution in [0.1, 0.15) is 65.2 Å². The van der Waals surface area contributed by atoms with Gasteiger partial charge in [0.05, 0.1) is 0 Å². The molecular weight excluding hydrogens is 264 g/mol. The second kappa shape index (κ2) is 19.4. The Morgan fingerprint density at radius 2 is 0.727 bits per heavy atom. The lowest BCUT2D eigenvalue weighted by Crippen LogP contribution is -1.65. The van der Waals surface area contributed by atoms with Gasteiger partial charge in [0.25, 0.3) is 0 Å². The van der Waals surface area contributed by atoms with E-state index in [1.807, 2.05) is 0 Å². The second-order valence-electron chi connectivity index (χ2n) is 5.20. The lowest BCUT2D eigenvalue weighted by Gasteiger charge is -1.86. The topological polar surface area (TPSA) is 0 Å². The summed E-state index contributed by atoms with van der Waals surface area (Å²) in [5.74, 6) is 0. The van der Waals surface area contributed by atoms with Crippen LogP contribution < -0.4 is 0 Å². The molecule has 0 radical (unpaired) electrons. The zero-order valence-corrected chi connectivity index (χ0v) is 14.6. The Morgan fingerprint density at radius 3 is 1.05 bits per heavy atom. The molecule has 0 aliphatic rings. The van der Waals surface area contributed by atoms with Crippen molar-refractivity contribution in [2.75, 3.05) is 0 Å². The minimum atomic E-state index is 1.04. The van der Waals surface area contributed by atoms with Crippen LogP contribution in [0.25, 0.3) is 0 Å². The highest BCUT2D eigenvalue weighted by Crippen LogP contribution is 1.97. The molecular formula is C22H34. The Bertz CT molecular complexity index is 375. The van der Waals surface area contributed by atoms with Gasteiger partial charge in [-0.05, 0) is 44.9 Å². The molecule has 0 rings (SSSR count). The third-order valence-electron chi connectivity index (χ3n) is 3.05. The summed E-state index contributed by atoms with van der Waals surface area (Å²) >= 11 is 0. The van der Waals surface area contributed by atoms with E-state index in [1.165, 1.54) is 12.8 Å². The van der Waals surface area contributed by atoms with E-state index in [1.54, 1.807) is 0 Å². The third-order valence-corrected chi connectivity index (χ3v) is 3.05. The summed E-state index contributed by atoms with van der Waals surface area (Å²) in [6.07, 6.45) is 35.6. The van der Waals surface area contributed by atoms with Crippen LogP contribution in [-0.2, 0) is 0 Å². The summed E-state index contributed by atoms with van der Waals surface area (Å²) in [5.41, 5.74) is 0. The smallest absolute Gasteiger partial charge is 0.0169 e. The van der Waals surface area contributed by atoms with Gasteiger partial charge in [0.2, 0.25) is 0 Å². The lowest BCUT2D eigenvalue weighted by molar-refractivity contribution is 0.954. The number of unbranched alkanes of at least 4 members (excludes halogenated alkanes) is 1. The third kappa shape index (κ3) is 18.4. The Labute approximate surface area is 138 Å². The molecule has 0 aliphatic carbocycles. The van der Waals surface area contributed by atoms with Crippen LogP contribution in [0.15, 0.2) is 72.9 Å². The molecule has 0 atom stereocenters. The maximum atomic E-state index is 2.26. The summed E-state index contributed by atoms with van der Waals surface area (Å²) in [6.45, 7) is 4.37. The van der Waals surface area contributed by atoms with Crippen LogP contribution in [0.2, 0.25) is 0 Å². The average molecular weight is 299 g/mol. The molecule has 0 nitrogen and oxygen atoms in total. The van der Waals surface area contributed by atoms with Gasteiger partial charge in [-0.1, -0.05) is 93.2 Å². The first-order valence-electron chi connectivity index (χ1n) is 8.81. The van der Waals surface area contributed by atoms with Gasteiger partial charge in [0, 0.05) is 0 Å². The van der Waals surface area contributed by atoms with Crippen molar-refractivity contribution in [1.29, 1.82) is 0 Å². The van der Waals surface area contributed by atoms with Crippen molar-refractivity contribution in [3.05, 3.63) is 72.9 Å². The zero-order chi connectivity index (χ0) is 16.1. The monoisotopic (exact) mass is 298 g/mol. The average Bonchev–Trinajstić information content (AvgIpc) is 2.54. The second-order valence-corrected chi connectivity index (χ2v) is 5.20. The van der Waals surface area contributed by atoms with Crippen molar-refractivity contribution >= 4 is 0 Å². The normalized spacial score (nSPS) is 13.4. The first-order valence-corrected chi connectivity index (χ1v) is 8.81. The summed E-state index contributed by atoms with van der Waals surface area (Å²) in [4.78, 5) is 0. The quantitative estimate of drug-likeness (QED) is 0.309. The van der Waals surface area contributed by atoms with E-state index < -0.39 is 0 Å². The maximum absolute atomic E-state index is 2.26. The summed E-state index contributed by atoms with van der Waals surface area (Å²) < 4.78 is 0. The van der Waals surface area contributed by atoms with E-state index in [4.69, 9.17) is 0 Å². The van der Waals surface area contributed by atoms with E-state index in [0.717, 1.165) is 38.5 Å². The molecule has 0 bridgehead atoms. The van der Waals surface area contributed by atoms with Crippen molar-refractivity contribution in [2.45, 2.75) is 65.2 Å². The molecule has 0 aromatic rings. The Morgan fingerprint density at radius 1 is 0.409 bits per heavy atom. The number of hydrogen-bond donors (Lipinski definition) is 0. The zero-order valence-electron chi connectivity index (χ0n) is 14.6. The molecule has 0 spiro atoms.